The molecule has 1 aromatic heterocycles. The fourth-order valence-corrected chi connectivity index (χ4v) is 2.67. The number of rotatable bonds is 7. The number of aromatic nitrogens is 2. The topological polar surface area (TPSA) is 77.2 Å². The molecule has 0 saturated carbocycles. The third-order valence-corrected chi connectivity index (χ3v) is 4.41. The number of benzene rings is 2. The summed E-state index contributed by atoms with van der Waals surface area (Å²) in [4.78, 5) is 16.5. The van der Waals surface area contributed by atoms with Crippen molar-refractivity contribution in [1.29, 1.82) is 0 Å². The van der Waals surface area contributed by atoms with E-state index in [0.29, 0.717) is 18.1 Å². The van der Waals surface area contributed by atoms with Crippen LogP contribution in [0.5, 0.6) is 5.75 Å². The first-order chi connectivity index (χ1) is 13.0. The lowest BCUT2D eigenvalue weighted by Gasteiger charge is -2.06. The molecule has 0 radical (unpaired) electrons. The molecule has 6 heteroatoms. The summed E-state index contributed by atoms with van der Waals surface area (Å²) in [6.45, 7) is 4.05. The van der Waals surface area contributed by atoms with E-state index in [-0.39, 0.29) is 12.3 Å². The molecule has 3 aromatic rings. The highest BCUT2D eigenvalue weighted by Crippen LogP contribution is 2.15. The summed E-state index contributed by atoms with van der Waals surface area (Å²) < 4.78 is 10.4. The molecule has 0 spiro atoms. The van der Waals surface area contributed by atoms with Gasteiger partial charge in [0.25, 0.3) is 0 Å². The lowest BCUT2D eigenvalue weighted by Crippen LogP contribution is -2.15. The molecule has 1 amide bonds. The highest BCUT2D eigenvalue weighted by molar-refractivity contribution is 5.91. The number of methoxy groups -OCH3 is 1. The van der Waals surface area contributed by atoms with Crippen molar-refractivity contribution in [1.82, 2.24) is 10.1 Å². The molecule has 0 bridgehead atoms. The third kappa shape index (κ3) is 5.17. The predicted octanol–water partition coefficient (Wildman–Crippen LogP) is 3.66. The maximum atomic E-state index is 12.2. The van der Waals surface area contributed by atoms with Crippen LogP contribution in [0, 0.1) is 13.8 Å². The van der Waals surface area contributed by atoms with Crippen LogP contribution < -0.4 is 10.1 Å². The number of carbonyl (C=O) groups is 1. The summed E-state index contributed by atoms with van der Waals surface area (Å²) in [6, 6.07) is 13.7. The molecule has 0 atom stereocenters. The first kappa shape index (κ1) is 18.6. The molecule has 0 aliphatic heterocycles. The SMILES string of the molecule is COc1ccc(CCc2nc(CC(=O)Nc3ccc(C)c(C)c3)no2)cc1. The van der Waals surface area contributed by atoms with Gasteiger partial charge in [0, 0.05) is 12.1 Å². The second kappa shape index (κ2) is 8.49. The van der Waals surface area contributed by atoms with E-state index in [1.54, 1.807) is 7.11 Å². The Balaban J connectivity index is 1.52. The third-order valence-electron chi connectivity index (χ3n) is 4.41. The summed E-state index contributed by atoms with van der Waals surface area (Å²) >= 11 is 0. The van der Waals surface area contributed by atoms with Gasteiger partial charge < -0.3 is 14.6 Å². The van der Waals surface area contributed by atoms with Crippen molar-refractivity contribution >= 4 is 11.6 Å². The van der Waals surface area contributed by atoms with Crippen molar-refractivity contribution in [3.05, 3.63) is 70.9 Å². The maximum absolute atomic E-state index is 12.2. The van der Waals surface area contributed by atoms with Gasteiger partial charge in [-0.3, -0.25) is 4.79 Å². The van der Waals surface area contributed by atoms with Gasteiger partial charge in [0.05, 0.1) is 13.5 Å². The smallest absolute Gasteiger partial charge is 0.232 e. The van der Waals surface area contributed by atoms with Crippen LogP contribution in [0.3, 0.4) is 0 Å². The standard InChI is InChI=1S/C21H23N3O3/c1-14-4-8-17(12-15(14)2)22-20(25)13-19-23-21(27-24-19)11-7-16-5-9-18(26-3)10-6-16/h4-6,8-10,12H,7,11,13H2,1-3H3,(H,22,25). The minimum atomic E-state index is -0.166. The number of hydrogen-bond donors (Lipinski definition) is 1. The van der Waals surface area contributed by atoms with E-state index in [0.717, 1.165) is 29.0 Å². The van der Waals surface area contributed by atoms with Crippen LogP contribution in [0.25, 0.3) is 0 Å². The Hall–Kier alpha value is -3.15. The van der Waals surface area contributed by atoms with Crippen LogP contribution in [-0.4, -0.2) is 23.2 Å². The van der Waals surface area contributed by atoms with Crippen molar-refractivity contribution in [3.63, 3.8) is 0 Å². The zero-order chi connectivity index (χ0) is 19.2. The Morgan fingerprint density at radius 2 is 1.85 bits per heavy atom. The first-order valence-electron chi connectivity index (χ1n) is 8.85. The molecule has 0 aliphatic rings. The highest BCUT2D eigenvalue weighted by atomic mass is 16.5. The summed E-state index contributed by atoms with van der Waals surface area (Å²) in [7, 11) is 1.64. The Bertz CT molecular complexity index is 917. The van der Waals surface area contributed by atoms with Crippen molar-refractivity contribution in [3.8, 4) is 5.75 Å². The molecule has 0 fully saturated rings. The highest BCUT2D eigenvalue weighted by Gasteiger charge is 2.12. The zero-order valence-corrected chi connectivity index (χ0v) is 15.8. The van der Waals surface area contributed by atoms with E-state index in [4.69, 9.17) is 9.26 Å². The average Bonchev–Trinajstić information content (AvgIpc) is 3.10. The molecule has 0 aliphatic carbocycles. The number of hydrogen-bond acceptors (Lipinski definition) is 5. The average molecular weight is 365 g/mol. The van der Waals surface area contributed by atoms with Crippen LogP contribution >= 0.6 is 0 Å². The van der Waals surface area contributed by atoms with Crippen molar-refractivity contribution in [2.75, 3.05) is 12.4 Å². The Labute approximate surface area is 158 Å². The van der Waals surface area contributed by atoms with Crippen LogP contribution in [0.15, 0.2) is 47.0 Å². The lowest BCUT2D eigenvalue weighted by molar-refractivity contribution is -0.115. The number of carbonyl (C=O) groups excluding carboxylic acids is 1. The van der Waals surface area contributed by atoms with Crippen LogP contribution in [0.2, 0.25) is 0 Å². The molecule has 3 rings (SSSR count). The number of aryl methyl sites for hydroxylation is 4. The van der Waals surface area contributed by atoms with Gasteiger partial charge in [-0.15, -0.1) is 0 Å². The van der Waals surface area contributed by atoms with Crippen LogP contribution in [0.1, 0.15) is 28.4 Å². The van der Waals surface area contributed by atoms with Gasteiger partial charge in [-0.2, -0.15) is 4.98 Å². The Morgan fingerprint density at radius 1 is 1.07 bits per heavy atom. The fraction of sp³-hybridized carbons (Fsp3) is 0.286. The van der Waals surface area contributed by atoms with E-state index < -0.39 is 0 Å². The minimum absolute atomic E-state index is 0.0823. The van der Waals surface area contributed by atoms with Gasteiger partial charge in [-0.05, 0) is 61.2 Å². The molecule has 1 N–H and O–H groups in total. The summed E-state index contributed by atoms with van der Waals surface area (Å²) in [6.07, 6.45) is 1.48. The van der Waals surface area contributed by atoms with Crippen LogP contribution in [0.4, 0.5) is 5.69 Å². The fourth-order valence-electron chi connectivity index (χ4n) is 2.67. The molecule has 2 aromatic carbocycles. The number of ether oxygens (including phenoxy) is 1. The van der Waals surface area contributed by atoms with Gasteiger partial charge >= 0.3 is 0 Å². The maximum Gasteiger partial charge on any atom is 0.232 e. The summed E-state index contributed by atoms with van der Waals surface area (Å²) in [5, 5.41) is 6.77. The zero-order valence-electron chi connectivity index (χ0n) is 15.8. The van der Waals surface area contributed by atoms with Crippen LogP contribution in [-0.2, 0) is 24.1 Å². The molecular formula is C21H23N3O3. The molecular weight excluding hydrogens is 342 g/mol. The molecule has 1 heterocycles. The first-order valence-corrected chi connectivity index (χ1v) is 8.85. The van der Waals surface area contributed by atoms with E-state index in [1.165, 1.54) is 5.56 Å². The second-order valence-electron chi connectivity index (χ2n) is 6.48. The van der Waals surface area contributed by atoms with Gasteiger partial charge in [-0.1, -0.05) is 23.4 Å². The monoisotopic (exact) mass is 365 g/mol. The molecule has 140 valence electrons. The van der Waals surface area contributed by atoms with Gasteiger partial charge in [0.1, 0.15) is 5.75 Å². The van der Waals surface area contributed by atoms with E-state index in [2.05, 4.69) is 15.5 Å². The quantitative estimate of drug-likeness (QED) is 0.691. The van der Waals surface area contributed by atoms with E-state index in [1.807, 2.05) is 56.3 Å². The summed E-state index contributed by atoms with van der Waals surface area (Å²) in [5.41, 5.74) is 4.25. The Morgan fingerprint density at radius 3 is 2.56 bits per heavy atom. The minimum Gasteiger partial charge on any atom is -0.497 e. The molecule has 27 heavy (non-hydrogen) atoms. The van der Waals surface area contributed by atoms with E-state index in [9.17, 15) is 4.79 Å². The largest absolute Gasteiger partial charge is 0.497 e. The number of amides is 1. The van der Waals surface area contributed by atoms with E-state index >= 15 is 0 Å². The molecule has 6 nitrogen and oxygen atoms in total. The molecule has 0 saturated heterocycles. The predicted molar refractivity (Wildman–Crippen MR) is 103 cm³/mol. The number of nitrogens with one attached hydrogen (secondary N) is 1. The Kier molecular flexibility index (Phi) is 5.86. The van der Waals surface area contributed by atoms with Gasteiger partial charge in [0.15, 0.2) is 5.82 Å². The second-order valence-corrected chi connectivity index (χ2v) is 6.48. The van der Waals surface area contributed by atoms with Crippen molar-refractivity contribution in [2.45, 2.75) is 33.1 Å². The normalized spacial score (nSPS) is 10.6. The summed E-state index contributed by atoms with van der Waals surface area (Å²) in [5.74, 6) is 1.58. The van der Waals surface area contributed by atoms with Crippen molar-refractivity contribution < 1.29 is 14.1 Å². The number of nitrogens with zero attached hydrogens (tertiary/aromatic N) is 2. The van der Waals surface area contributed by atoms with Crippen molar-refractivity contribution in [2.24, 2.45) is 0 Å². The van der Waals surface area contributed by atoms with Gasteiger partial charge in [0.2, 0.25) is 11.8 Å². The molecule has 0 unspecified atom stereocenters. The number of anilines is 1. The van der Waals surface area contributed by atoms with Gasteiger partial charge in [-0.25, -0.2) is 0 Å². The lowest BCUT2D eigenvalue weighted by atomic mass is 10.1.